The van der Waals surface area contributed by atoms with Crippen LogP contribution in [-0.2, 0) is 14.3 Å². The number of likely N-dealkylation sites (tertiary alicyclic amines) is 1. The van der Waals surface area contributed by atoms with Gasteiger partial charge in [-0.3, -0.25) is 4.79 Å². The van der Waals surface area contributed by atoms with Gasteiger partial charge in [-0.1, -0.05) is 41.6 Å². The summed E-state index contributed by atoms with van der Waals surface area (Å²) in [5.74, 6) is -0.255. The zero-order valence-electron chi connectivity index (χ0n) is 20.9. The van der Waals surface area contributed by atoms with Gasteiger partial charge < -0.3 is 19.4 Å². The van der Waals surface area contributed by atoms with E-state index in [1.807, 2.05) is 62.3 Å². The zero-order chi connectivity index (χ0) is 24.6. The fraction of sp³-hybridized carbons (Fsp3) is 0.500. The number of amides is 1. The number of ether oxygens (including phenoxy) is 1. The number of aliphatic imine (C=N–C) groups is 1. The summed E-state index contributed by atoms with van der Waals surface area (Å²) in [6, 6.07) is 8.19. The number of esters is 1. The molecule has 1 aromatic carbocycles. The summed E-state index contributed by atoms with van der Waals surface area (Å²) in [7, 11) is 4.12. The number of carbonyl (C=O) groups is 2. The second-order valence-electron chi connectivity index (χ2n) is 9.68. The van der Waals surface area contributed by atoms with Crippen LogP contribution in [0.2, 0.25) is 0 Å². The summed E-state index contributed by atoms with van der Waals surface area (Å²) < 4.78 is 5.62. The van der Waals surface area contributed by atoms with Crippen LogP contribution in [0.25, 0.3) is 0 Å². The molecule has 3 aliphatic heterocycles. The van der Waals surface area contributed by atoms with Gasteiger partial charge in [0, 0.05) is 24.8 Å². The van der Waals surface area contributed by atoms with Gasteiger partial charge in [0.15, 0.2) is 5.17 Å². The molecule has 34 heavy (non-hydrogen) atoms. The topological polar surface area (TPSA) is 65.5 Å². The maximum Gasteiger partial charge on any atom is 0.338 e. The van der Waals surface area contributed by atoms with E-state index in [4.69, 9.17) is 9.73 Å². The molecule has 0 aliphatic carbocycles. The molecule has 1 aromatic rings. The summed E-state index contributed by atoms with van der Waals surface area (Å²) in [6.45, 7) is 9.12. The molecular formula is C26H34N4O3S. The molecule has 3 aliphatic rings. The molecule has 0 aromatic heterocycles. The maximum atomic E-state index is 13.2. The average molecular weight is 483 g/mol. The first kappa shape index (κ1) is 24.5. The van der Waals surface area contributed by atoms with Crippen LogP contribution in [0.4, 0.5) is 0 Å². The van der Waals surface area contributed by atoms with E-state index in [0.29, 0.717) is 17.3 Å². The number of rotatable bonds is 6. The molecule has 0 N–H and O–H groups in total. The summed E-state index contributed by atoms with van der Waals surface area (Å²) in [5.41, 5.74) is 4.17. The maximum absolute atomic E-state index is 13.2. The number of allylic oxidation sites excluding steroid dienone is 1. The molecule has 0 spiro atoms. The number of thioether (sulfide) groups is 1. The number of aryl methyl sites for hydroxylation is 1. The quantitative estimate of drug-likeness (QED) is 0.570. The van der Waals surface area contributed by atoms with Crippen molar-refractivity contribution >= 4 is 28.8 Å². The average Bonchev–Trinajstić information content (AvgIpc) is 3.41. The SMILES string of the molecule is CC1=C(C(=O)OC(C)C)[C@@H](c2ccc(C)cc2)N2C(CC(=O)N3CC[C@@H](N(C)C)C3)=CSC2=N1. The minimum atomic E-state index is -0.387. The lowest BCUT2D eigenvalue weighted by molar-refractivity contribution is -0.143. The Hall–Kier alpha value is -2.58. The Labute approximate surface area is 206 Å². The second kappa shape index (κ2) is 9.96. The highest BCUT2D eigenvalue weighted by atomic mass is 32.2. The molecule has 0 radical (unpaired) electrons. The van der Waals surface area contributed by atoms with Crippen LogP contribution in [-0.4, -0.2) is 71.1 Å². The van der Waals surface area contributed by atoms with Crippen molar-refractivity contribution < 1.29 is 14.3 Å². The Morgan fingerprint density at radius 2 is 1.91 bits per heavy atom. The van der Waals surface area contributed by atoms with E-state index in [-0.39, 0.29) is 30.4 Å². The minimum absolute atomic E-state index is 0.109. The van der Waals surface area contributed by atoms with Crippen molar-refractivity contribution in [3.05, 3.63) is 57.8 Å². The van der Waals surface area contributed by atoms with Gasteiger partial charge in [-0.15, -0.1) is 0 Å². The largest absolute Gasteiger partial charge is 0.459 e. The Balaban J connectivity index is 1.64. The molecule has 182 valence electrons. The third kappa shape index (κ3) is 4.93. The highest BCUT2D eigenvalue weighted by molar-refractivity contribution is 8.16. The van der Waals surface area contributed by atoms with Gasteiger partial charge in [0.25, 0.3) is 0 Å². The molecule has 2 atom stereocenters. The Morgan fingerprint density at radius 1 is 1.21 bits per heavy atom. The number of benzene rings is 1. The molecular weight excluding hydrogens is 448 g/mol. The monoisotopic (exact) mass is 482 g/mol. The lowest BCUT2D eigenvalue weighted by Gasteiger charge is -2.36. The molecule has 3 heterocycles. The van der Waals surface area contributed by atoms with Gasteiger partial charge in [-0.2, -0.15) is 0 Å². The van der Waals surface area contributed by atoms with E-state index in [1.165, 1.54) is 11.8 Å². The summed E-state index contributed by atoms with van der Waals surface area (Å²) in [5, 5.41) is 2.79. The predicted octanol–water partition coefficient (Wildman–Crippen LogP) is 4.07. The van der Waals surface area contributed by atoms with Gasteiger partial charge >= 0.3 is 5.97 Å². The van der Waals surface area contributed by atoms with Crippen LogP contribution in [0.15, 0.2) is 51.6 Å². The van der Waals surface area contributed by atoms with Crippen molar-refractivity contribution in [3.63, 3.8) is 0 Å². The molecule has 1 amide bonds. The lowest BCUT2D eigenvalue weighted by atomic mass is 9.93. The summed E-state index contributed by atoms with van der Waals surface area (Å²) in [4.78, 5) is 37.4. The fourth-order valence-corrected chi connectivity index (χ4v) is 5.59. The van der Waals surface area contributed by atoms with Crippen LogP contribution in [0, 0.1) is 6.92 Å². The Morgan fingerprint density at radius 3 is 2.53 bits per heavy atom. The van der Waals surface area contributed by atoms with Gasteiger partial charge in [0.05, 0.1) is 29.8 Å². The van der Waals surface area contributed by atoms with Crippen molar-refractivity contribution in [1.29, 1.82) is 0 Å². The first-order valence-electron chi connectivity index (χ1n) is 11.8. The fourth-order valence-electron chi connectivity index (χ4n) is 4.63. The van der Waals surface area contributed by atoms with Gasteiger partial charge in [0.1, 0.15) is 0 Å². The zero-order valence-corrected chi connectivity index (χ0v) is 21.7. The van der Waals surface area contributed by atoms with Crippen molar-refractivity contribution in [1.82, 2.24) is 14.7 Å². The highest BCUT2D eigenvalue weighted by Gasteiger charge is 2.42. The number of fused-ring (bicyclic) bond motifs is 1. The van der Waals surface area contributed by atoms with Crippen LogP contribution in [0.1, 0.15) is 50.8 Å². The smallest absolute Gasteiger partial charge is 0.338 e. The summed E-state index contributed by atoms with van der Waals surface area (Å²) in [6.07, 6.45) is 1.03. The van der Waals surface area contributed by atoms with Crippen molar-refractivity contribution in [2.75, 3.05) is 27.2 Å². The van der Waals surface area contributed by atoms with E-state index in [9.17, 15) is 9.59 Å². The lowest BCUT2D eigenvalue weighted by Crippen LogP contribution is -2.39. The van der Waals surface area contributed by atoms with E-state index >= 15 is 0 Å². The number of hydrogen-bond donors (Lipinski definition) is 0. The molecule has 1 saturated heterocycles. The van der Waals surface area contributed by atoms with Gasteiger partial charge in [-0.05, 0) is 59.2 Å². The molecule has 0 bridgehead atoms. The van der Waals surface area contributed by atoms with E-state index in [0.717, 1.165) is 41.5 Å². The van der Waals surface area contributed by atoms with Crippen LogP contribution < -0.4 is 0 Å². The molecule has 0 unspecified atom stereocenters. The van der Waals surface area contributed by atoms with Crippen LogP contribution >= 0.6 is 11.8 Å². The third-order valence-electron chi connectivity index (χ3n) is 6.54. The number of likely N-dealkylation sites (N-methyl/N-ethyl adjacent to an activating group) is 1. The van der Waals surface area contributed by atoms with Gasteiger partial charge in [-0.25, -0.2) is 9.79 Å². The van der Waals surface area contributed by atoms with E-state index in [2.05, 4.69) is 23.9 Å². The van der Waals surface area contributed by atoms with E-state index < -0.39 is 0 Å². The third-order valence-corrected chi connectivity index (χ3v) is 7.42. The Kier molecular flexibility index (Phi) is 7.19. The minimum Gasteiger partial charge on any atom is -0.459 e. The number of carbonyl (C=O) groups excluding carboxylic acids is 2. The first-order valence-corrected chi connectivity index (χ1v) is 12.7. The van der Waals surface area contributed by atoms with Gasteiger partial charge in [0.2, 0.25) is 5.91 Å². The molecule has 7 nitrogen and oxygen atoms in total. The number of hydrogen-bond acceptors (Lipinski definition) is 7. The highest BCUT2D eigenvalue weighted by Crippen LogP contribution is 2.45. The molecule has 1 fully saturated rings. The first-order chi connectivity index (χ1) is 16.2. The molecule has 4 rings (SSSR count). The normalized spacial score (nSPS) is 22.4. The van der Waals surface area contributed by atoms with Crippen molar-refractivity contribution in [2.45, 2.75) is 58.7 Å². The molecule has 0 saturated carbocycles. The Bertz CT molecular complexity index is 1060. The second-order valence-corrected chi connectivity index (χ2v) is 10.5. The van der Waals surface area contributed by atoms with Crippen molar-refractivity contribution in [3.8, 4) is 0 Å². The summed E-state index contributed by atoms with van der Waals surface area (Å²) >= 11 is 1.51. The number of nitrogens with zero attached hydrogens (tertiary/aromatic N) is 4. The van der Waals surface area contributed by atoms with Crippen LogP contribution in [0.3, 0.4) is 0 Å². The molecule has 8 heteroatoms. The van der Waals surface area contributed by atoms with E-state index in [1.54, 1.807) is 0 Å². The van der Waals surface area contributed by atoms with Crippen LogP contribution in [0.5, 0.6) is 0 Å². The standard InChI is InChI=1S/C26H34N4O3S/c1-16(2)33-25(32)23-18(4)27-26-30(24(23)19-9-7-17(3)8-10-19)21(15-34-26)13-22(31)29-12-11-20(14-29)28(5)6/h7-10,15-16,20,24H,11-14H2,1-6H3/t20-,24-/m1/s1. The number of amidine groups is 1. The van der Waals surface area contributed by atoms with Crippen molar-refractivity contribution in [2.24, 2.45) is 4.99 Å². The predicted molar refractivity (Wildman–Crippen MR) is 136 cm³/mol.